The molecule has 13 nitrogen and oxygen atoms in total. The van der Waals surface area contributed by atoms with Gasteiger partial charge in [0.1, 0.15) is 0 Å². The van der Waals surface area contributed by atoms with E-state index in [-0.39, 0.29) is 50.1 Å². The van der Waals surface area contributed by atoms with E-state index >= 15 is 0 Å². The van der Waals surface area contributed by atoms with Crippen LogP contribution in [0.5, 0.6) is 0 Å². The molecular formula is C28H41AtN4O9. The van der Waals surface area contributed by atoms with Crippen LogP contribution < -0.4 is 24.5 Å². The Labute approximate surface area is 260 Å². The molecule has 1 rings (SSSR count). The number of carbonyl (C=O) groups excluding carboxylic acids is 4. The minimum atomic E-state index is -1.16. The second kappa shape index (κ2) is 21.4. The van der Waals surface area contributed by atoms with Gasteiger partial charge in [0.05, 0.1) is 6.61 Å². The van der Waals surface area contributed by atoms with Crippen LogP contribution in [0.2, 0.25) is 0 Å². The van der Waals surface area contributed by atoms with Crippen molar-refractivity contribution in [2.75, 3.05) is 19.7 Å². The molecule has 2 atom stereocenters. The van der Waals surface area contributed by atoms with Crippen molar-refractivity contribution in [3.63, 3.8) is 0 Å². The molecule has 0 fully saturated rings. The van der Waals surface area contributed by atoms with Gasteiger partial charge < -0.3 is 25.6 Å². The Hall–Kier alpha value is -3.28. The molecule has 42 heavy (non-hydrogen) atoms. The van der Waals surface area contributed by atoms with Crippen LogP contribution in [0.1, 0.15) is 81.5 Å². The maximum absolute atomic E-state index is 12.2. The monoisotopic (exact) mass is 788 g/mol. The molecule has 1 unspecified atom stereocenters. The molecule has 0 aromatic heterocycles. The minimum Gasteiger partial charge on any atom is -0.480 e. The number of ether oxygens (including phenoxy) is 1. The summed E-state index contributed by atoms with van der Waals surface area (Å²) in [4.78, 5) is 70.0. The summed E-state index contributed by atoms with van der Waals surface area (Å²) in [5.74, 6) is -3.14. The molecule has 234 valence electrons. The Morgan fingerprint density at radius 3 is 2.10 bits per heavy atom. The summed E-state index contributed by atoms with van der Waals surface area (Å²) in [5, 5.41) is 28.6. The molecule has 4 amide bonds. The fourth-order valence-corrected chi connectivity index (χ4v) is 4.16. The Bertz CT molecular complexity index is 1040. The summed E-state index contributed by atoms with van der Waals surface area (Å²) in [6, 6.07) is 5.86. The van der Waals surface area contributed by atoms with Crippen molar-refractivity contribution in [3.8, 4) is 0 Å². The van der Waals surface area contributed by atoms with Gasteiger partial charge in [-0.3, -0.25) is 14.4 Å². The number of alkyl carbamates (subject to hydrolysis) is 1. The van der Waals surface area contributed by atoms with Crippen molar-refractivity contribution in [1.29, 1.82) is 0 Å². The molecule has 6 N–H and O–H groups in total. The van der Waals surface area contributed by atoms with Gasteiger partial charge in [0.15, 0.2) is 0 Å². The maximum atomic E-state index is 12.2. The van der Waals surface area contributed by atoms with E-state index in [1.165, 1.54) is 24.7 Å². The van der Waals surface area contributed by atoms with Gasteiger partial charge in [-0.2, -0.15) is 0 Å². The summed E-state index contributed by atoms with van der Waals surface area (Å²) in [6.45, 7) is 2.66. The third-order valence-corrected chi connectivity index (χ3v) is 7.04. The molecule has 0 saturated heterocycles. The van der Waals surface area contributed by atoms with Gasteiger partial charge in [-0.05, 0) is 32.6 Å². The van der Waals surface area contributed by atoms with Crippen LogP contribution in [0.3, 0.4) is 0 Å². The molecule has 1 aromatic rings. The number of carboxylic acids is 2. The van der Waals surface area contributed by atoms with Gasteiger partial charge in [0.25, 0.3) is 0 Å². The first-order valence-corrected chi connectivity index (χ1v) is 15.4. The van der Waals surface area contributed by atoms with Crippen molar-refractivity contribution in [3.05, 3.63) is 29.8 Å². The van der Waals surface area contributed by atoms with Crippen LogP contribution in [0.25, 0.3) is 0 Å². The predicted octanol–water partition coefficient (Wildman–Crippen LogP) is 1.38. The van der Waals surface area contributed by atoms with Crippen molar-refractivity contribution in [2.24, 2.45) is 0 Å². The topological polar surface area (TPSA) is 200 Å². The number of hydrogen-bond acceptors (Lipinski definition) is 7. The van der Waals surface area contributed by atoms with Crippen LogP contribution >= 0.6 is 0 Å². The normalized spacial score (nSPS) is 12.0. The van der Waals surface area contributed by atoms with E-state index in [9.17, 15) is 33.9 Å². The van der Waals surface area contributed by atoms with Crippen molar-refractivity contribution in [2.45, 2.75) is 83.2 Å². The molecule has 0 bridgehead atoms. The molecular weight excluding hydrogens is 747 g/mol. The first-order valence-electron chi connectivity index (χ1n) is 14.0. The molecule has 0 aliphatic carbocycles. The van der Waals surface area contributed by atoms with E-state index in [0.717, 1.165) is 3.27 Å². The summed E-state index contributed by atoms with van der Waals surface area (Å²) in [6.07, 6.45) is 2.60. The third kappa shape index (κ3) is 18.2. The number of unbranched alkanes of at least 4 members (excludes halogenated alkanes) is 3. The zero-order chi connectivity index (χ0) is 31.3. The quantitative estimate of drug-likeness (QED) is 0.0997. The number of aliphatic carboxylic acids is 2. The zero-order valence-corrected chi connectivity index (χ0v) is 26.7. The number of carboxylic acid groups (broad SMARTS) is 2. The Balaban J connectivity index is 2.11. The number of nitrogens with one attached hydrogen (secondary N) is 4. The van der Waals surface area contributed by atoms with E-state index in [1.807, 2.05) is 12.1 Å². The van der Waals surface area contributed by atoms with Crippen LogP contribution in [-0.4, -0.2) is 77.7 Å². The van der Waals surface area contributed by atoms with Gasteiger partial charge in [0, 0.05) is 31.8 Å². The van der Waals surface area contributed by atoms with E-state index in [1.54, 1.807) is 19.1 Å². The van der Waals surface area contributed by atoms with E-state index in [0.29, 0.717) is 57.2 Å². The van der Waals surface area contributed by atoms with Crippen molar-refractivity contribution in [1.82, 2.24) is 21.3 Å². The number of benzene rings is 1. The molecule has 14 heteroatoms. The average Bonchev–Trinajstić information content (AvgIpc) is 2.93. The summed E-state index contributed by atoms with van der Waals surface area (Å²) in [5.41, 5.74) is 0.560. The van der Waals surface area contributed by atoms with Crippen molar-refractivity contribution < 1.29 is 68.4 Å². The van der Waals surface area contributed by atoms with Gasteiger partial charge in [-0.15, -0.1) is 0 Å². The number of amides is 4. The van der Waals surface area contributed by atoms with Gasteiger partial charge in [0.2, 0.25) is 11.8 Å². The molecule has 0 aliphatic heterocycles. The van der Waals surface area contributed by atoms with Crippen LogP contribution in [0, 0.1) is 24.7 Å². The summed E-state index contributed by atoms with van der Waals surface area (Å²) in [7, 11) is 0. The Kier molecular flexibility index (Phi) is 18.8. The number of hydrogen-bond donors (Lipinski definition) is 6. The molecule has 1 aromatic carbocycles. The molecule has 0 spiro atoms. The SMILES string of the molecule is C[C@H](CCC(=O)O)NC(=O)OCCCCCNC(=O)CCC(=O)NC(CCCCNC(=O)c1ccc([211At])cc1)C(=O)O. The Morgan fingerprint density at radius 1 is 0.786 bits per heavy atom. The van der Waals surface area contributed by atoms with Crippen LogP contribution in [0.15, 0.2) is 24.3 Å². The fraction of sp³-hybridized carbons (Fsp3) is 0.571. The number of carbonyl (C=O) groups is 6. The minimum absolute atomic E-state index is 0.0417. The third-order valence-electron chi connectivity index (χ3n) is 6.06. The first kappa shape index (κ1) is 36.7. The molecule has 0 heterocycles. The molecule has 0 saturated carbocycles. The van der Waals surface area contributed by atoms with E-state index in [4.69, 9.17) is 9.84 Å². The smallest absolute Gasteiger partial charge is 0.480 e. The second-order valence-corrected chi connectivity index (χ2v) is 11.4. The van der Waals surface area contributed by atoms with Gasteiger partial charge in [-0.1, -0.05) is 0 Å². The number of rotatable bonds is 21. The average molecular weight is 789 g/mol. The van der Waals surface area contributed by atoms with E-state index < -0.39 is 30.0 Å². The molecule has 0 aliphatic rings. The first-order chi connectivity index (χ1) is 20.0. The van der Waals surface area contributed by atoms with Gasteiger partial charge in [-0.25, -0.2) is 9.59 Å². The predicted molar refractivity (Wildman–Crippen MR) is 149 cm³/mol. The van der Waals surface area contributed by atoms with Crippen LogP contribution in [-0.2, 0) is 23.9 Å². The zero-order valence-electron chi connectivity index (χ0n) is 23.8. The van der Waals surface area contributed by atoms with E-state index in [2.05, 4.69) is 21.3 Å². The van der Waals surface area contributed by atoms with Crippen LogP contribution in [0.4, 0.5) is 4.79 Å². The van der Waals surface area contributed by atoms with Crippen molar-refractivity contribution >= 4 is 39.0 Å². The second-order valence-electron chi connectivity index (χ2n) is 9.74. The summed E-state index contributed by atoms with van der Waals surface area (Å²) >= 11 is 1.52. The molecule has 0 radical (unpaired) electrons. The Morgan fingerprint density at radius 2 is 1.43 bits per heavy atom. The van der Waals surface area contributed by atoms with Gasteiger partial charge >= 0.3 is 129 Å². The standard InChI is InChI=1S/C28H41AtN4O9/c1-19(8-15-25(36)37)32-28(41)42-18-6-2-4-16-30-23(34)13-14-24(35)33-22(27(39)40)7-3-5-17-31-26(38)20-9-11-21(29)12-10-20/h9-12,19,22H,2-8,13-18H2,1H3,(H,30,34)(H,31,38)(H,32,41)(H,33,35)(H,36,37)(H,39,40)/t19-,22?/m1/s1/i29+1. The fourth-order valence-electron chi connectivity index (χ4n) is 3.67. The summed E-state index contributed by atoms with van der Waals surface area (Å²) < 4.78 is 6.15.